The fraction of sp³-hybridized carbons (Fsp3) is 0.133. The number of esters is 1. The van der Waals surface area contributed by atoms with Gasteiger partial charge in [0, 0.05) is 24.3 Å². The number of carbonyl (C=O) groups excluding carboxylic acids is 1. The van der Waals surface area contributed by atoms with Crippen LogP contribution in [0.25, 0.3) is 0 Å². The zero-order chi connectivity index (χ0) is 12.8. The lowest BCUT2D eigenvalue weighted by Crippen LogP contribution is -2.04. The van der Waals surface area contributed by atoms with Gasteiger partial charge in [0.25, 0.3) is 0 Å². The summed E-state index contributed by atoms with van der Waals surface area (Å²) in [4.78, 5) is 11.5. The SMILES string of the molecule is CCOC(=O)c1ccc([Cl+]c2ccccc2)cc1. The number of benzene rings is 2. The van der Waals surface area contributed by atoms with Gasteiger partial charge >= 0.3 is 5.97 Å². The van der Waals surface area contributed by atoms with E-state index in [9.17, 15) is 4.79 Å². The van der Waals surface area contributed by atoms with E-state index in [4.69, 9.17) is 4.74 Å². The van der Waals surface area contributed by atoms with Crippen molar-refractivity contribution in [2.75, 3.05) is 6.61 Å². The van der Waals surface area contributed by atoms with Crippen molar-refractivity contribution in [3.8, 4) is 0 Å². The monoisotopic (exact) mass is 261 g/mol. The van der Waals surface area contributed by atoms with Crippen molar-refractivity contribution in [3.05, 3.63) is 70.2 Å². The molecular formula is C15H14ClO2+. The molecule has 0 saturated carbocycles. The van der Waals surface area contributed by atoms with Crippen molar-refractivity contribution in [2.45, 2.75) is 6.92 Å². The van der Waals surface area contributed by atoms with Crippen LogP contribution in [0.3, 0.4) is 0 Å². The van der Waals surface area contributed by atoms with E-state index < -0.39 is 0 Å². The first-order valence-electron chi connectivity index (χ1n) is 5.76. The summed E-state index contributed by atoms with van der Waals surface area (Å²) in [5, 5.41) is 2.18. The lowest BCUT2D eigenvalue weighted by molar-refractivity contribution is -0.535. The lowest BCUT2D eigenvalue weighted by atomic mass is 10.2. The van der Waals surface area contributed by atoms with E-state index in [0.717, 1.165) is 10.0 Å². The van der Waals surface area contributed by atoms with Crippen LogP contribution in [-0.2, 0) is 4.74 Å². The van der Waals surface area contributed by atoms with Gasteiger partial charge in [-0.05, 0) is 19.1 Å². The highest BCUT2D eigenvalue weighted by molar-refractivity contribution is 5.89. The number of carbonyl (C=O) groups is 1. The van der Waals surface area contributed by atoms with Crippen LogP contribution in [0, 0.1) is 10.8 Å². The molecular weight excluding hydrogens is 248 g/mol. The van der Waals surface area contributed by atoms with Gasteiger partial charge < -0.3 is 4.74 Å². The van der Waals surface area contributed by atoms with E-state index in [1.54, 1.807) is 19.1 Å². The molecule has 2 rings (SSSR count). The molecule has 3 heteroatoms. The van der Waals surface area contributed by atoms with Crippen molar-refractivity contribution in [1.29, 1.82) is 0 Å². The van der Waals surface area contributed by atoms with Crippen LogP contribution in [0.4, 0.5) is 0 Å². The Bertz CT molecular complexity index is 506. The van der Waals surface area contributed by atoms with E-state index in [-0.39, 0.29) is 5.97 Å². The predicted molar refractivity (Wildman–Crippen MR) is 67.2 cm³/mol. The Morgan fingerprint density at radius 3 is 2.22 bits per heavy atom. The summed E-state index contributed by atoms with van der Waals surface area (Å²) in [6, 6.07) is 17.4. The average Bonchev–Trinajstić information content (AvgIpc) is 2.41. The van der Waals surface area contributed by atoms with Crippen LogP contribution in [0.15, 0.2) is 54.6 Å². The number of hydrogen-bond donors (Lipinski definition) is 0. The normalized spacial score (nSPS) is 10.1. The van der Waals surface area contributed by atoms with Crippen LogP contribution in [0.5, 0.6) is 0 Å². The standard InChI is InChI=1S/C15H14ClO2/c1-2-18-15(17)12-8-10-14(11-9-12)16-13-6-4-3-5-7-13/h3-11H,2H2,1H3/q+1. The van der Waals surface area contributed by atoms with Gasteiger partial charge in [0.05, 0.1) is 12.2 Å². The Kier molecular flexibility index (Phi) is 4.37. The van der Waals surface area contributed by atoms with E-state index in [1.165, 1.54) is 0 Å². The predicted octanol–water partition coefficient (Wildman–Crippen LogP) is 3.48. The molecule has 0 bridgehead atoms. The minimum atomic E-state index is -0.276. The van der Waals surface area contributed by atoms with E-state index >= 15 is 0 Å². The Morgan fingerprint density at radius 1 is 1.00 bits per heavy atom. The maximum atomic E-state index is 11.5. The lowest BCUT2D eigenvalue weighted by Gasteiger charge is -1.99. The van der Waals surface area contributed by atoms with Gasteiger partial charge in [-0.1, -0.05) is 18.2 Å². The highest BCUT2D eigenvalue weighted by atomic mass is 35.5. The van der Waals surface area contributed by atoms with Crippen molar-refractivity contribution in [1.82, 2.24) is 0 Å². The average molecular weight is 262 g/mol. The van der Waals surface area contributed by atoms with Crippen molar-refractivity contribution in [2.24, 2.45) is 0 Å². The molecule has 0 amide bonds. The fourth-order valence-corrected chi connectivity index (χ4v) is 2.24. The Labute approximate surface area is 110 Å². The minimum Gasteiger partial charge on any atom is -0.462 e. The highest BCUT2D eigenvalue weighted by Crippen LogP contribution is 2.15. The molecule has 0 aliphatic heterocycles. The van der Waals surface area contributed by atoms with Gasteiger partial charge in [0.15, 0.2) is 0 Å². The van der Waals surface area contributed by atoms with Crippen LogP contribution in [0.2, 0.25) is 10.0 Å². The third-order valence-electron chi connectivity index (χ3n) is 2.31. The summed E-state index contributed by atoms with van der Waals surface area (Å²) in [5.41, 5.74) is 0.583. The van der Waals surface area contributed by atoms with E-state index in [1.807, 2.05) is 42.5 Å². The molecule has 0 radical (unpaired) electrons. The molecule has 0 atom stereocenters. The van der Waals surface area contributed by atoms with Crippen LogP contribution >= 0.6 is 0 Å². The van der Waals surface area contributed by atoms with E-state index in [2.05, 4.69) is 10.8 Å². The minimum absolute atomic E-state index is 0.276. The van der Waals surface area contributed by atoms with Crippen molar-refractivity contribution >= 4 is 5.97 Å². The summed E-state index contributed by atoms with van der Waals surface area (Å²) in [6.45, 7) is 2.20. The summed E-state index contributed by atoms with van der Waals surface area (Å²) in [6.07, 6.45) is 0. The maximum Gasteiger partial charge on any atom is 0.338 e. The molecule has 0 fully saturated rings. The second kappa shape index (κ2) is 6.22. The van der Waals surface area contributed by atoms with Gasteiger partial charge in [0.2, 0.25) is 20.8 Å². The summed E-state index contributed by atoms with van der Waals surface area (Å²) < 4.78 is 4.94. The molecule has 0 unspecified atom stereocenters. The number of hydrogen-bond acceptors (Lipinski definition) is 2. The van der Waals surface area contributed by atoms with Crippen molar-refractivity contribution < 1.29 is 20.3 Å². The topological polar surface area (TPSA) is 26.3 Å². The zero-order valence-electron chi connectivity index (χ0n) is 10.1. The summed E-state index contributed by atoms with van der Waals surface area (Å²) in [5.74, 6) is -0.276. The molecule has 0 aliphatic rings. The Balaban J connectivity index is 2.06. The first kappa shape index (κ1) is 12.7. The number of rotatable bonds is 4. The van der Waals surface area contributed by atoms with Crippen LogP contribution in [-0.4, -0.2) is 12.6 Å². The smallest absolute Gasteiger partial charge is 0.338 e. The molecule has 0 aliphatic carbocycles. The van der Waals surface area contributed by atoms with Crippen LogP contribution < -0.4 is 0 Å². The highest BCUT2D eigenvalue weighted by Gasteiger charge is 2.14. The summed E-state index contributed by atoms with van der Waals surface area (Å²) in [7, 11) is 2.20. The Morgan fingerprint density at radius 2 is 1.61 bits per heavy atom. The molecule has 2 nitrogen and oxygen atoms in total. The third-order valence-corrected chi connectivity index (χ3v) is 3.25. The summed E-state index contributed by atoms with van der Waals surface area (Å²) >= 11 is 0. The molecule has 18 heavy (non-hydrogen) atoms. The zero-order valence-corrected chi connectivity index (χ0v) is 10.9. The molecule has 2 aromatic carbocycles. The first-order chi connectivity index (χ1) is 8.79. The van der Waals surface area contributed by atoms with Gasteiger partial charge in [-0.3, -0.25) is 0 Å². The quantitative estimate of drug-likeness (QED) is 0.788. The molecule has 0 aromatic heterocycles. The first-order valence-corrected chi connectivity index (χ1v) is 6.52. The molecule has 0 N–H and O–H groups in total. The molecule has 0 saturated heterocycles. The van der Waals surface area contributed by atoms with Crippen molar-refractivity contribution in [3.63, 3.8) is 0 Å². The van der Waals surface area contributed by atoms with Crippen LogP contribution in [0.1, 0.15) is 17.3 Å². The Hall–Kier alpha value is -1.80. The maximum absolute atomic E-state index is 11.5. The second-order valence-electron chi connectivity index (χ2n) is 3.62. The molecule has 0 spiro atoms. The third kappa shape index (κ3) is 3.34. The van der Waals surface area contributed by atoms with Gasteiger partial charge in [-0.15, -0.1) is 0 Å². The van der Waals surface area contributed by atoms with Gasteiger partial charge in [0.1, 0.15) is 0 Å². The molecule has 2 aromatic rings. The molecule has 92 valence electrons. The van der Waals surface area contributed by atoms with E-state index in [0.29, 0.717) is 12.2 Å². The second-order valence-corrected chi connectivity index (χ2v) is 4.68. The molecule has 0 heterocycles. The largest absolute Gasteiger partial charge is 0.462 e. The number of halogens is 1. The van der Waals surface area contributed by atoms with Gasteiger partial charge in [-0.25, -0.2) is 4.79 Å². The number of ether oxygens (including phenoxy) is 1. The van der Waals surface area contributed by atoms with Gasteiger partial charge in [-0.2, -0.15) is 0 Å². The fourth-order valence-electron chi connectivity index (χ4n) is 1.47.